The van der Waals surface area contributed by atoms with E-state index in [9.17, 15) is 19.1 Å². The third-order valence-electron chi connectivity index (χ3n) is 6.80. The first kappa shape index (κ1) is 34.7. The SMILES string of the molecule is CN(C(=O)O)C(=O)Oc1nc(C#Cc2cncnc2Nc2ccc(OCc3cccc(F)c3)c(Cl)c2)cc(C(C)(C)C)c1C(C)(C)C. The number of aromatic nitrogens is 3. The molecule has 0 aliphatic heterocycles. The van der Waals surface area contributed by atoms with Crippen LogP contribution in [0.2, 0.25) is 5.02 Å². The topological polar surface area (TPSA) is 127 Å². The van der Waals surface area contributed by atoms with E-state index in [0.717, 1.165) is 12.6 Å². The Morgan fingerprint density at radius 3 is 2.43 bits per heavy atom. The molecule has 2 heterocycles. The summed E-state index contributed by atoms with van der Waals surface area (Å²) in [5, 5.41) is 12.8. The zero-order valence-corrected chi connectivity index (χ0v) is 27.9. The van der Waals surface area contributed by atoms with Crippen LogP contribution in [0.1, 0.15) is 69.5 Å². The lowest BCUT2D eigenvalue weighted by molar-refractivity contribution is 0.135. The van der Waals surface area contributed by atoms with Crippen LogP contribution in [-0.2, 0) is 17.4 Å². The second-order valence-corrected chi connectivity index (χ2v) is 13.1. The first-order chi connectivity index (χ1) is 22.0. The fourth-order valence-corrected chi connectivity index (χ4v) is 4.71. The van der Waals surface area contributed by atoms with Crippen molar-refractivity contribution in [1.82, 2.24) is 19.9 Å². The van der Waals surface area contributed by atoms with E-state index < -0.39 is 23.0 Å². The van der Waals surface area contributed by atoms with Crippen LogP contribution in [-0.4, -0.2) is 44.2 Å². The first-order valence-corrected chi connectivity index (χ1v) is 14.9. The van der Waals surface area contributed by atoms with Gasteiger partial charge in [-0.15, -0.1) is 0 Å². The summed E-state index contributed by atoms with van der Waals surface area (Å²) in [7, 11) is 1.10. The molecular formula is C35H35ClFN5O5. The highest BCUT2D eigenvalue weighted by Crippen LogP contribution is 2.39. The van der Waals surface area contributed by atoms with E-state index in [4.69, 9.17) is 21.1 Å². The van der Waals surface area contributed by atoms with E-state index in [-0.39, 0.29) is 18.3 Å². The molecule has 4 aromatic rings. The van der Waals surface area contributed by atoms with Crippen LogP contribution in [0.3, 0.4) is 0 Å². The molecule has 0 saturated heterocycles. The van der Waals surface area contributed by atoms with E-state index in [1.165, 1.54) is 24.7 Å². The number of imide groups is 1. The molecule has 12 heteroatoms. The highest BCUT2D eigenvalue weighted by Gasteiger charge is 2.32. The number of carboxylic acid groups (broad SMARTS) is 1. The molecule has 2 N–H and O–H groups in total. The van der Waals surface area contributed by atoms with Gasteiger partial charge in [0.05, 0.1) is 10.6 Å². The third-order valence-corrected chi connectivity index (χ3v) is 7.10. The van der Waals surface area contributed by atoms with Crippen molar-refractivity contribution in [2.45, 2.75) is 59.0 Å². The molecule has 0 unspecified atom stereocenters. The maximum Gasteiger partial charge on any atom is 0.425 e. The second-order valence-electron chi connectivity index (χ2n) is 12.7. The van der Waals surface area contributed by atoms with Crippen molar-refractivity contribution in [2.24, 2.45) is 0 Å². The van der Waals surface area contributed by atoms with Gasteiger partial charge in [0.2, 0.25) is 5.88 Å². The smallest absolute Gasteiger partial charge is 0.425 e. The lowest BCUT2D eigenvalue weighted by Gasteiger charge is -2.31. The minimum Gasteiger partial charge on any atom is -0.487 e. The lowest BCUT2D eigenvalue weighted by Crippen LogP contribution is -2.35. The summed E-state index contributed by atoms with van der Waals surface area (Å²) in [6.07, 6.45) is 0.358. The molecule has 0 bridgehead atoms. The first-order valence-electron chi connectivity index (χ1n) is 14.5. The molecule has 2 aromatic heterocycles. The zero-order valence-electron chi connectivity index (χ0n) is 27.1. The van der Waals surface area contributed by atoms with Crippen LogP contribution in [0, 0.1) is 17.7 Å². The summed E-state index contributed by atoms with van der Waals surface area (Å²) in [6.45, 7) is 12.1. The fraction of sp³-hybridized carbons (Fsp3) is 0.286. The van der Waals surface area contributed by atoms with Gasteiger partial charge in [-0.1, -0.05) is 71.2 Å². The maximum absolute atomic E-state index is 13.5. The van der Waals surface area contributed by atoms with Crippen LogP contribution in [0.4, 0.5) is 25.5 Å². The molecule has 10 nitrogen and oxygen atoms in total. The van der Waals surface area contributed by atoms with Gasteiger partial charge >= 0.3 is 12.2 Å². The second kappa shape index (κ2) is 14.1. The van der Waals surface area contributed by atoms with Crippen molar-refractivity contribution in [3.05, 3.63) is 99.8 Å². The number of nitrogens with one attached hydrogen (secondary N) is 1. The monoisotopic (exact) mass is 659 g/mol. The highest BCUT2D eigenvalue weighted by atomic mass is 35.5. The highest BCUT2D eigenvalue weighted by molar-refractivity contribution is 6.32. The largest absolute Gasteiger partial charge is 0.487 e. The van der Waals surface area contributed by atoms with Crippen molar-refractivity contribution in [3.63, 3.8) is 0 Å². The van der Waals surface area contributed by atoms with E-state index in [1.807, 2.05) is 47.6 Å². The van der Waals surface area contributed by atoms with Gasteiger partial charge in [0, 0.05) is 24.5 Å². The molecule has 2 aromatic carbocycles. The van der Waals surface area contributed by atoms with Gasteiger partial charge in [-0.25, -0.2) is 33.8 Å². The predicted octanol–water partition coefficient (Wildman–Crippen LogP) is 8.09. The quantitative estimate of drug-likeness (QED) is 0.197. The average molecular weight is 660 g/mol. The van der Waals surface area contributed by atoms with Gasteiger partial charge in [0.25, 0.3) is 0 Å². The van der Waals surface area contributed by atoms with Crippen molar-refractivity contribution < 1.29 is 28.6 Å². The number of benzene rings is 2. The number of carbonyl (C=O) groups is 2. The molecule has 0 radical (unpaired) electrons. The van der Waals surface area contributed by atoms with E-state index in [1.54, 1.807) is 30.3 Å². The average Bonchev–Trinajstić information content (AvgIpc) is 2.98. The molecular weight excluding hydrogens is 625 g/mol. The van der Waals surface area contributed by atoms with Crippen LogP contribution in [0.5, 0.6) is 11.6 Å². The Morgan fingerprint density at radius 1 is 1.04 bits per heavy atom. The number of hydrogen-bond acceptors (Lipinski definition) is 8. The molecule has 0 aliphatic carbocycles. The number of carbonyl (C=O) groups excluding carboxylic acids is 1. The van der Waals surface area contributed by atoms with Crippen LogP contribution < -0.4 is 14.8 Å². The maximum atomic E-state index is 13.5. The van der Waals surface area contributed by atoms with Gasteiger partial charge in [0.1, 0.15) is 36.0 Å². The number of hydrogen-bond donors (Lipinski definition) is 2. The van der Waals surface area contributed by atoms with Crippen LogP contribution >= 0.6 is 11.6 Å². The molecule has 0 saturated carbocycles. The van der Waals surface area contributed by atoms with Gasteiger partial charge in [-0.2, -0.15) is 0 Å². The number of anilines is 2. The van der Waals surface area contributed by atoms with Gasteiger partial charge < -0.3 is 19.9 Å². The minimum absolute atomic E-state index is 0.0238. The normalized spacial score (nSPS) is 11.3. The Kier molecular flexibility index (Phi) is 10.4. The number of pyridine rings is 1. The summed E-state index contributed by atoms with van der Waals surface area (Å²) in [6, 6.07) is 13.1. The number of amides is 2. The van der Waals surface area contributed by atoms with E-state index in [0.29, 0.717) is 49.6 Å². The van der Waals surface area contributed by atoms with E-state index >= 15 is 0 Å². The standard InChI is InChI=1S/C35H35ClFN5O5/c1-34(2,3)26-16-24(41-31(29(26)35(4,5)6)47-33(45)42(7)32(43)44)12-11-22-18-38-20-39-30(22)40-25-13-14-28(27(36)17-25)46-19-21-9-8-10-23(37)15-21/h8-10,13-18,20H,19H2,1-7H3,(H,43,44)(H,38,39,40). The number of rotatable bonds is 6. The third kappa shape index (κ3) is 8.95. The van der Waals surface area contributed by atoms with Crippen molar-refractivity contribution in [3.8, 4) is 23.5 Å². The summed E-state index contributed by atoms with van der Waals surface area (Å²) < 4.78 is 24.8. The molecule has 2 amide bonds. The summed E-state index contributed by atoms with van der Waals surface area (Å²) in [4.78, 5) is 37.5. The number of nitrogens with zero attached hydrogens (tertiary/aromatic N) is 4. The Bertz CT molecular complexity index is 1880. The Balaban J connectivity index is 1.65. The van der Waals surface area contributed by atoms with Crippen LogP contribution in [0.15, 0.2) is 61.1 Å². The van der Waals surface area contributed by atoms with Crippen molar-refractivity contribution >= 4 is 35.3 Å². The van der Waals surface area contributed by atoms with Gasteiger partial charge in [0.15, 0.2) is 0 Å². The van der Waals surface area contributed by atoms with Crippen molar-refractivity contribution in [2.75, 3.05) is 12.4 Å². The Hall–Kier alpha value is -5.21. The predicted molar refractivity (Wildman–Crippen MR) is 177 cm³/mol. The molecule has 0 atom stereocenters. The molecule has 0 aliphatic rings. The zero-order chi connectivity index (χ0) is 34.5. The molecule has 0 spiro atoms. The summed E-state index contributed by atoms with van der Waals surface area (Å²) in [5.74, 6) is 6.52. The molecule has 47 heavy (non-hydrogen) atoms. The Morgan fingerprint density at radius 2 is 1.79 bits per heavy atom. The van der Waals surface area contributed by atoms with Gasteiger partial charge in [-0.3, -0.25) is 0 Å². The summed E-state index contributed by atoms with van der Waals surface area (Å²) in [5.41, 5.74) is 2.59. The van der Waals surface area contributed by atoms with Crippen molar-refractivity contribution in [1.29, 1.82) is 0 Å². The molecule has 4 rings (SSSR count). The van der Waals surface area contributed by atoms with Crippen LogP contribution in [0.25, 0.3) is 0 Å². The number of halogens is 2. The fourth-order valence-electron chi connectivity index (χ4n) is 4.48. The molecule has 0 fully saturated rings. The Labute approximate surface area is 277 Å². The molecule has 244 valence electrons. The number of ether oxygens (including phenoxy) is 2. The summed E-state index contributed by atoms with van der Waals surface area (Å²) >= 11 is 6.48. The minimum atomic E-state index is -1.46. The van der Waals surface area contributed by atoms with E-state index in [2.05, 4.69) is 32.1 Å². The lowest BCUT2D eigenvalue weighted by atomic mass is 9.75. The van der Waals surface area contributed by atoms with Gasteiger partial charge in [-0.05, 0) is 64.3 Å².